The van der Waals surface area contributed by atoms with Gasteiger partial charge in [0.25, 0.3) is 0 Å². The van der Waals surface area contributed by atoms with Crippen LogP contribution in [-0.4, -0.2) is 32.8 Å². The molecule has 0 spiro atoms. The molecule has 6 nitrogen and oxygen atoms in total. The van der Waals surface area contributed by atoms with Crippen LogP contribution in [0.4, 0.5) is 0 Å². The predicted molar refractivity (Wildman–Crippen MR) is 82.3 cm³/mol. The lowest BCUT2D eigenvalue weighted by Crippen LogP contribution is -2.13. The van der Waals surface area contributed by atoms with Crippen LogP contribution in [0.2, 0.25) is 0 Å². The van der Waals surface area contributed by atoms with Crippen LogP contribution in [0.25, 0.3) is 11.2 Å². The number of thioether (sulfide) groups is 1. The molecule has 2 aromatic heterocycles. The zero-order chi connectivity index (χ0) is 14.7. The van der Waals surface area contributed by atoms with Gasteiger partial charge in [0.15, 0.2) is 5.65 Å². The summed E-state index contributed by atoms with van der Waals surface area (Å²) >= 11 is 1.58. The minimum absolute atomic E-state index is 0.0990. The van der Waals surface area contributed by atoms with E-state index >= 15 is 0 Å². The van der Waals surface area contributed by atoms with E-state index in [2.05, 4.69) is 19.9 Å². The maximum atomic E-state index is 6.24. The van der Waals surface area contributed by atoms with Crippen molar-refractivity contribution in [2.75, 3.05) is 12.9 Å². The van der Waals surface area contributed by atoms with E-state index in [-0.39, 0.29) is 6.04 Å². The quantitative estimate of drug-likeness (QED) is 0.554. The fourth-order valence-electron chi connectivity index (χ4n) is 1.99. The predicted octanol–water partition coefficient (Wildman–Crippen LogP) is 2.15. The summed E-state index contributed by atoms with van der Waals surface area (Å²) in [6.07, 6.45) is 3.13. The Kier molecular flexibility index (Phi) is 4.03. The number of H-pyrrole nitrogens is 1. The Labute approximate surface area is 126 Å². The normalized spacial score (nSPS) is 12.5. The summed E-state index contributed by atoms with van der Waals surface area (Å²) in [4.78, 5) is 15.5. The number of methoxy groups -OCH3 is 1. The number of benzene rings is 1. The first-order valence-corrected chi connectivity index (χ1v) is 7.43. The molecule has 0 amide bonds. The van der Waals surface area contributed by atoms with Crippen molar-refractivity contribution in [3.05, 3.63) is 42.5 Å². The molecule has 0 saturated heterocycles. The van der Waals surface area contributed by atoms with Gasteiger partial charge >= 0.3 is 0 Å². The largest absolute Gasteiger partial charge is 0.497 e. The average Bonchev–Trinajstić information content (AvgIpc) is 3.01. The molecule has 3 N–H and O–H groups in total. The SMILES string of the molecule is COc1cccc(C(N)CSc2ncnc3nc[nH]c23)c1. The molecular formula is C14H15N5OS. The highest BCUT2D eigenvalue weighted by Crippen LogP contribution is 2.26. The first-order valence-electron chi connectivity index (χ1n) is 6.44. The molecule has 1 atom stereocenters. The van der Waals surface area contributed by atoms with E-state index in [1.165, 1.54) is 6.33 Å². The van der Waals surface area contributed by atoms with Crippen molar-refractivity contribution in [1.82, 2.24) is 19.9 Å². The highest BCUT2D eigenvalue weighted by atomic mass is 32.2. The summed E-state index contributed by atoms with van der Waals surface area (Å²) < 4.78 is 5.22. The first kappa shape index (κ1) is 13.8. The van der Waals surface area contributed by atoms with Crippen molar-refractivity contribution in [2.45, 2.75) is 11.1 Å². The second-order valence-electron chi connectivity index (χ2n) is 4.47. The lowest BCUT2D eigenvalue weighted by molar-refractivity contribution is 0.414. The number of rotatable bonds is 5. The summed E-state index contributed by atoms with van der Waals surface area (Å²) in [5.41, 5.74) is 8.80. The summed E-state index contributed by atoms with van der Waals surface area (Å²) in [7, 11) is 1.65. The van der Waals surface area contributed by atoms with Crippen molar-refractivity contribution in [2.24, 2.45) is 5.73 Å². The van der Waals surface area contributed by atoms with E-state index in [0.717, 1.165) is 21.9 Å². The van der Waals surface area contributed by atoms with E-state index in [1.807, 2.05) is 24.3 Å². The summed E-state index contributed by atoms with van der Waals surface area (Å²) in [5.74, 6) is 1.52. The molecule has 0 aliphatic rings. The van der Waals surface area contributed by atoms with Gasteiger partial charge in [0.05, 0.1) is 13.4 Å². The number of hydrogen-bond acceptors (Lipinski definition) is 6. The van der Waals surface area contributed by atoms with Crippen LogP contribution in [0.3, 0.4) is 0 Å². The van der Waals surface area contributed by atoms with Crippen LogP contribution in [0.15, 0.2) is 41.9 Å². The number of fused-ring (bicyclic) bond motifs is 1. The molecule has 3 rings (SSSR count). The van der Waals surface area contributed by atoms with Gasteiger partial charge in [0.2, 0.25) is 0 Å². The highest BCUT2D eigenvalue weighted by Gasteiger charge is 2.11. The standard InChI is InChI=1S/C14H15N5OS/c1-20-10-4-2-3-9(5-10)11(15)6-21-14-12-13(17-7-16-12)18-8-19-14/h2-5,7-8,11H,6,15H2,1H3,(H,16,17,18,19). The Hall–Kier alpha value is -2.12. The number of nitrogens with zero attached hydrogens (tertiary/aromatic N) is 3. The second kappa shape index (κ2) is 6.11. The minimum Gasteiger partial charge on any atom is -0.497 e. The van der Waals surface area contributed by atoms with Crippen molar-refractivity contribution in [1.29, 1.82) is 0 Å². The molecule has 2 heterocycles. The molecule has 0 bridgehead atoms. The molecule has 7 heteroatoms. The van der Waals surface area contributed by atoms with Gasteiger partial charge in [0.1, 0.15) is 22.6 Å². The smallest absolute Gasteiger partial charge is 0.181 e. The molecule has 0 aliphatic carbocycles. The molecule has 0 saturated carbocycles. The lowest BCUT2D eigenvalue weighted by atomic mass is 10.1. The maximum absolute atomic E-state index is 6.24. The van der Waals surface area contributed by atoms with E-state index in [9.17, 15) is 0 Å². The topological polar surface area (TPSA) is 89.7 Å². The van der Waals surface area contributed by atoms with E-state index < -0.39 is 0 Å². The molecule has 21 heavy (non-hydrogen) atoms. The van der Waals surface area contributed by atoms with Crippen molar-refractivity contribution in [3.63, 3.8) is 0 Å². The van der Waals surface area contributed by atoms with Gasteiger partial charge in [-0.1, -0.05) is 12.1 Å². The molecule has 1 aromatic carbocycles. The number of imidazole rings is 1. The summed E-state index contributed by atoms with van der Waals surface area (Å²) in [5, 5.41) is 0.857. The highest BCUT2D eigenvalue weighted by molar-refractivity contribution is 7.99. The summed E-state index contributed by atoms with van der Waals surface area (Å²) in [6.45, 7) is 0. The number of nitrogens with two attached hydrogens (primary N) is 1. The molecular weight excluding hydrogens is 286 g/mol. The van der Waals surface area contributed by atoms with Gasteiger partial charge in [-0.05, 0) is 17.7 Å². The van der Waals surface area contributed by atoms with Gasteiger partial charge < -0.3 is 15.5 Å². The average molecular weight is 301 g/mol. The zero-order valence-corrected chi connectivity index (χ0v) is 12.3. The Morgan fingerprint density at radius 1 is 1.33 bits per heavy atom. The number of aromatic nitrogens is 4. The number of ether oxygens (including phenoxy) is 1. The fraction of sp³-hybridized carbons (Fsp3) is 0.214. The first-order chi connectivity index (χ1) is 10.3. The zero-order valence-electron chi connectivity index (χ0n) is 11.5. The fourth-order valence-corrected chi connectivity index (χ4v) is 2.94. The van der Waals surface area contributed by atoms with Crippen LogP contribution in [-0.2, 0) is 0 Å². The van der Waals surface area contributed by atoms with Crippen LogP contribution < -0.4 is 10.5 Å². The van der Waals surface area contributed by atoms with Crippen LogP contribution in [0.5, 0.6) is 5.75 Å². The monoisotopic (exact) mass is 301 g/mol. The van der Waals surface area contributed by atoms with Crippen molar-refractivity contribution in [3.8, 4) is 5.75 Å². The van der Waals surface area contributed by atoms with Gasteiger partial charge in [-0.3, -0.25) is 0 Å². The molecule has 3 aromatic rings. The van der Waals surface area contributed by atoms with Crippen LogP contribution >= 0.6 is 11.8 Å². The van der Waals surface area contributed by atoms with Gasteiger partial charge in [-0.15, -0.1) is 11.8 Å². The lowest BCUT2D eigenvalue weighted by Gasteiger charge is -2.12. The summed E-state index contributed by atoms with van der Waals surface area (Å²) in [6, 6.07) is 7.70. The third kappa shape index (κ3) is 2.98. The van der Waals surface area contributed by atoms with Gasteiger partial charge in [-0.2, -0.15) is 0 Å². The molecule has 108 valence electrons. The molecule has 0 radical (unpaired) electrons. The third-order valence-electron chi connectivity index (χ3n) is 3.11. The van der Waals surface area contributed by atoms with E-state index in [1.54, 1.807) is 25.2 Å². The second-order valence-corrected chi connectivity index (χ2v) is 5.48. The van der Waals surface area contributed by atoms with Crippen LogP contribution in [0.1, 0.15) is 11.6 Å². The minimum atomic E-state index is -0.0990. The van der Waals surface area contributed by atoms with Crippen LogP contribution in [0, 0.1) is 0 Å². The molecule has 0 fully saturated rings. The third-order valence-corrected chi connectivity index (χ3v) is 4.22. The molecule has 1 unspecified atom stereocenters. The Morgan fingerprint density at radius 2 is 2.24 bits per heavy atom. The Balaban J connectivity index is 1.73. The Bertz CT molecular complexity index is 745. The van der Waals surface area contributed by atoms with E-state index in [0.29, 0.717) is 11.4 Å². The number of hydrogen-bond donors (Lipinski definition) is 2. The maximum Gasteiger partial charge on any atom is 0.181 e. The van der Waals surface area contributed by atoms with Gasteiger partial charge in [0, 0.05) is 11.8 Å². The van der Waals surface area contributed by atoms with Crippen molar-refractivity contribution < 1.29 is 4.74 Å². The number of nitrogens with one attached hydrogen (secondary N) is 1. The number of aromatic amines is 1. The Morgan fingerprint density at radius 3 is 3.10 bits per heavy atom. The van der Waals surface area contributed by atoms with Crippen molar-refractivity contribution >= 4 is 22.9 Å². The van der Waals surface area contributed by atoms with E-state index in [4.69, 9.17) is 10.5 Å². The van der Waals surface area contributed by atoms with Gasteiger partial charge in [-0.25, -0.2) is 15.0 Å². The molecule has 0 aliphatic heterocycles.